The number of nitrogens with one attached hydrogen (secondary N) is 1. The van der Waals surface area contributed by atoms with E-state index in [2.05, 4.69) is 26.4 Å². The van der Waals surface area contributed by atoms with Crippen molar-refractivity contribution in [1.82, 2.24) is 9.97 Å². The summed E-state index contributed by atoms with van der Waals surface area (Å²) in [5.74, 6) is 1.40. The van der Waals surface area contributed by atoms with Crippen molar-refractivity contribution < 1.29 is 0 Å². The predicted octanol–water partition coefficient (Wildman–Crippen LogP) is 4.23. The van der Waals surface area contributed by atoms with Gasteiger partial charge in [-0.2, -0.15) is 5.26 Å². The zero-order valence-corrected chi connectivity index (χ0v) is 14.8. The third-order valence-corrected chi connectivity index (χ3v) is 4.66. The number of amidine groups is 1. The highest BCUT2D eigenvalue weighted by Crippen LogP contribution is 2.32. The standard InChI is InChI=1S/C22H14N6/c23-12-14-3-1-4-15(11-14)27-22-17-7-8-24-13-19(17)16-5-2-6-18(20(16)28-22)21-25-9-10-26-21/h1-9,11,13H,10H2,(H,27,28). The second-order valence-electron chi connectivity index (χ2n) is 6.38. The van der Waals surface area contributed by atoms with E-state index in [9.17, 15) is 5.26 Å². The number of hydrogen-bond acceptors (Lipinski definition) is 6. The Kier molecular flexibility index (Phi) is 3.77. The van der Waals surface area contributed by atoms with Gasteiger partial charge in [0, 0.05) is 46.0 Å². The Bertz CT molecular complexity index is 1330. The zero-order chi connectivity index (χ0) is 18.9. The maximum absolute atomic E-state index is 9.17. The molecule has 28 heavy (non-hydrogen) atoms. The van der Waals surface area contributed by atoms with Gasteiger partial charge in [-0.25, -0.2) is 9.98 Å². The highest BCUT2D eigenvalue weighted by Gasteiger charge is 2.15. The van der Waals surface area contributed by atoms with Crippen molar-refractivity contribution in [3.63, 3.8) is 0 Å². The number of nitriles is 1. The fourth-order valence-electron chi connectivity index (χ4n) is 3.40. The molecule has 1 aliphatic heterocycles. The smallest absolute Gasteiger partial charge is 0.156 e. The van der Waals surface area contributed by atoms with Crippen LogP contribution in [0.3, 0.4) is 0 Å². The summed E-state index contributed by atoms with van der Waals surface area (Å²) in [6.45, 7) is 0.590. The molecule has 6 nitrogen and oxygen atoms in total. The number of pyridine rings is 2. The van der Waals surface area contributed by atoms with Gasteiger partial charge in [-0.15, -0.1) is 0 Å². The van der Waals surface area contributed by atoms with Crippen LogP contribution in [0.4, 0.5) is 11.5 Å². The summed E-state index contributed by atoms with van der Waals surface area (Å²) < 4.78 is 0. The monoisotopic (exact) mass is 362 g/mol. The minimum absolute atomic E-state index is 0.590. The second kappa shape index (κ2) is 6.56. The van der Waals surface area contributed by atoms with Crippen molar-refractivity contribution in [2.24, 2.45) is 9.98 Å². The van der Waals surface area contributed by atoms with Crippen LogP contribution in [0.25, 0.3) is 21.7 Å². The molecule has 5 rings (SSSR count). The molecule has 0 saturated heterocycles. The summed E-state index contributed by atoms with van der Waals surface area (Å²) in [7, 11) is 0. The molecule has 0 amide bonds. The number of hydrogen-bond donors (Lipinski definition) is 1. The summed E-state index contributed by atoms with van der Waals surface area (Å²) in [6.07, 6.45) is 5.39. The van der Waals surface area contributed by atoms with Gasteiger partial charge in [0.15, 0.2) is 5.84 Å². The third kappa shape index (κ3) is 2.66. The maximum Gasteiger partial charge on any atom is 0.156 e. The van der Waals surface area contributed by atoms with E-state index in [1.165, 1.54) is 0 Å². The van der Waals surface area contributed by atoms with Crippen molar-refractivity contribution >= 4 is 45.2 Å². The molecule has 4 aromatic rings. The van der Waals surface area contributed by atoms with E-state index in [1.807, 2.05) is 42.6 Å². The van der Waals surface area contributed by atoms with E-state index in [0.29, 0.717) is 23.8 Å². The van der Waals surface area contributed by atoms with E-state index < -0.39 is 0 Å². The molecule has 0 radical (unpaired) electrons. The van der Waals surface area contributed by atoms with Crippen LogP contribution in [0.5, 0.6) is 0 Å². The first-order chi connectivity index (χ1) is 13.8. The Labute approximate surface area is 160 Å². The first-order valence-electron chi connectivity index (χ1n) is 8.84. The molecule has 0 aliphatic carbocycles. The van der Waals surface area contributed by atoms with Crippen LogP contribution in [0.1, 0.15) is 11.1 Å². The molecular formula is C22H14N6. The summed E-state index contributed by atoms with van der Waals surface area (Å²) in [5.41, 5.74) is 3.11. The van der Waals surface area contributed by atoms with Crippen LogP contribution in [-0.4, -0.2) is 28.6 Å². The van der Waals surface area contributed by atoms with E-state index in [1.54, 1.807) is 24.5 Å². The van der Waals surface area contributed by atoms with Crippen LogP contribution in [0.2, 0.25) is 0 Å². The van der Waals surface area contributed by atoms with E-state index >= 15 is 0 Å². The Balaban J connectivity index is 1.76. The molecule has 1 N–H and O–H groups in total. The fraction of sp³-hybridized carbons (Fsp3) is 0.0455. The molecule has 0 fully saturated rings. The maximum atomic E-state index is 9.17. The SMILES string of the molecule is N#Cc1cccc(Nc2nc3c(C4=NCC=N4)cccc3c3cnccc23)c1. The van der Waals surface area contributed by atoms with Gasteiger partial charge in [-0.3, -0.25) is 9.98 Å². The van der Waals surface area contributed by atoms with Crippen LogP contribution >= 0.6 is 0 Å². The lowest BCUT2D eigenvalue weighted by Crippen LogP contribution is -2.01. The normalized spacial score (nSPS) is 12.9. The van der Waals surface area contributed by atoms with Gasteiger partial charge in [0.1, 0.15) is 5.82 Å². The molecule has 0 bridgehead atoms. The lowest BCUT2D eigenvalue weighted by atomic mass is 10.0. The van der Waals surface area contributed by atoms with Crippen molar-refractivity contribution in [2.45, 2.75) is 0 Å². The van der Waals surface area contributed by atoms with Gasteiger partial charge in [0.2, 0.25) is 0 Å². The number of anilines is 2. The topological polar surface area (TPSA) is 86.3 Å². The van der Waals surface area contributed by atoms with Crippen molar-refractivity contribution in [3.05, 3.63) is 72.1 Å². The summed E-state index contributed by atoms with van der Waals surface area (Å²) >= 11 is 0. The number of aromatic nitrogens is 2. The van der Waals surface area contributed by atoms with Gasteiger partial charge in [-0.05, 0) is 30.3 Å². The molecule has 0 atom stereocenters. The Morgan fingerprint density at radius 3 is 2.79 bits per heavy atom. The van der Waals surface area contributed by atoms with Gasteiger partial charge in [0.25, 0.3) is 0 Å². The molecule has 2 aromatic carbocycles. The van der Waals surface area contributed by atoms with Crippen molar-refractivity contribution in [3.8, 4) is 6.07 Å². The molecule has 2 aromatic heterocycles. The second-order valence-corrected chi connectivity index (χ2v) is 6.38. The number of nitrogens with zero attached hydrogens (tertiary/aromatic N) is 5. The summed E-state index contributed by atoms with van der Waals surface area (Å²) in [5, 5.41) is 15.5. The molecule has 1 aliphatic rings. The van der Waals surface area contributed by atoms with Gasteiger partial charge >= 0.3 is 0 Å². The number of aliphatic imine (C=N–C) groups is 2. The Morgan fingerprint density at radius 2 is 1.93 bits per heavy atom. The highest BCUT2D eigenvalue weighted by atomic mass is 15.0. The zero-order valence-electron chi connectivity index (χ0n) is 14.8. The first kappa shape index (κ1) is 16.1. The molecule has 6 heteroatoms. The molecule has 0 unspecified atom stereocenters. The molecule has 0 saturated carbocycles. The van der Waals surface area contributed by atoms with E-state index in [-0.39, 0.29) is 0 Å². The molecule has 0 spiro atoms. The van der Waals surface area contributed by atoms with Crippen molar-refractivity contribution in [1.29, 1.82) is 5.26 Å². The average molecular weight is 362 g/mol. The van der Waals surface area contributed by atoms with Crippen LogP contribution in [0, 0.1) is 11.3 Å². The minimum atomic E-state index is 0.590. The van der Waals surface area contributed by atoms with E-state index in [4.69, 9.17) is 4.98 Å². The highest BCUT2D eigenvalue weighted by molar-refractivity contribution is 6.18. The lowest BCUT2D eigenvalue weighted by molar-refractivity contribution is 1.33. The number of fused-ring (bicyclic) bond motifs is 3. The van der Waals surface area contributed by atoms with E-state index in [0.717, 1.165) is 32.9 Å². The van der Waals surface area contributed by atoms with Gasteiger partial charge < -0.3 is 5.32 Å². The average Bonchev–Trinajstić information content (AvgIpc) is 3.28. The van der Waals surface area contributed by atoms with Crippen molar-refractivity contribution in [2.75, 3.05) is 11.9 Å². The Morgan fingerprint density at radius 1 is 1.00 bits per heavy atom. The molecule has 3 heterocycles. The number of benzene rings is 2. The summed E-state index contributed by atoms with van der Waals surface area (Å²) in [4.78, 5) is 18.1. The quantitative estimate of drug-likeness (QED) is 0.553. The number of rotatable bonds is 3. The number of para-hydroxylation sites is 1. The predicted molar refractivity (Wildman–Crippen MR) is 111 cm³/mol. The summed E-state index contributed by atoms with van der Waals surface area (Å²) in [6, 6.07) is 17.5. The lowest BCUT2D eigenvalue weighted by Gasteiger charge is -2.13. The molecule has 132 valence electrons. The fourth-order valence-corrected chi connectivity index (χ4v) is 3.40. The van der Waals surface area contributed by atoms with Gasteiger partial charge in [0.05, 0.1) is 23.7 Å². The minimum Gasteiger partial charge on any atom is -0.340 e. The Hall–Kier alpha value is -4.11. The van der Waals surface area contributed by atoms with Crippen LogP contribution < -0.4 is 5.32 Å². The largest absolute Gasteiger partial charge is 0.340 e. The van der Waals surface area contributed by atoms with Crippen LogP contribution in [-0.2, 0) is 0 Å². The molecular weight excluding hydrogens is 348 g/mol. The van der Waals surface area contributed by atoms with Gasteiger partial charge in [-0.1, -0.05) is 18.2 Å². The third-order valence-electron chi connectivity index (χ3n) is 4.66. The van der Waals surface area contributed by atoms with Crippen LogP contribution in [0.15, 0.2) is 70.9 Å². The first-order valence-corrected chi connectivity index (χ1v) is 8.84.